The fourth-order valence-corrected chi connectivity index (χ4v) is 2.29. The predicted octanol–water partition coefficient (Wildman–Crippen LogP) is 2.30. The zero-order chi connectivity index (χ0) is 14.0. The van der Waals surface area contributed by atoms with Crippen LogP contribution >= 0.6 is 0 Å². The molecule has 1 N–H and O–H groups in total. The highest BCUT2D eigenvalue weighted by Gasteiger charge is 2.33. The summed E-state index contributed by atoms with van der Waals surface area (Å²) in [6, 6.07) is 4.09. The Morgan fingerprint density at radius 1 is 1.42 bits per heavy atom. The molecule has 1 fully saturated rings. The Hall–Kier alpha value is -1.56. The SMILES string of the molecule is O=C(c1cccc(C(F)(F)F)c1)N1CCC[C@@H]1CO. The van der Waals surface area contributed by atoms with Gasteiger partial charge in [0.05, 0.1) is 18.2 Å². The van der Waals surface area contributed by atoms with E-state index in [1.807, 2.05) is 0 Å². The van der Waals surface area contributed by atoms with Gasteiger partial charge < -0.3 is 10.0 Å². The van der Waals surface area contributed by atoms with Crippen LogP contribution in [0.15, 0.2) is 24.3 Å². The van der Waals surface area contributed by atoms with E-state index in [2.05, 4.69) is 0 Å². The molecule has 1 aromatic rings. The molecule has 0 saturated carbocycles. The first-order valence-electron chi connectivity index (χ1n) is 6.02. The average molecular weight is 273 g/mol. The molecule has 3 nitrogen and oxygen atoms in total. The summed E-state index contributed by atoms with van der Waals surface area (Å²) in [6.07, 6.45) is -3.02. The van der Waals surface area contributed by atoms with Gasteiger partial charge in [-0.2, -0.15) is 13.2 Å². The first-order chi connectivity index (χ1) is 8.93. The minimum absolute atomic E-state index is 0.00942. The third-order valence-corrected chi connectivity index (χ3v) is 3.29. The summed E-state index contributed by atoms with van der Waals surface area (Å²) in [5.74, 6) is -0.456. The van der Waals surface area contributed by atoms with Crippen molar-refractivity contribution in [3.8, 4) is 0 Å². The predicted molar refractivity (Wildman–Crippen MR) is 62.6 cm³/mol. The Morgan fingerprint density at radius 2 is 2.16 bits per heavy atom. The molecule has 1 aromatic carbocycles. The van der Waals surface area contributed by atoms with E-state index >= 15 is 0 Å². The summed E-state index contributed by atoms with van der Waals surface area (Å²) in [6.45, 7) is 0.311. The maximum Gasteiger partial charge on any atom is 0.416 e. The molecule has 0 aliphatic carbocycles. The van der Waals surface area contributed by atoms with Gasteiger partial charge in [0.2, 0.25) is 0 Å². The highest BCUT2D eigenvalue weighted by atomic mass is 19.4. The van der Waals surface area contributed by atoms with Crippen LogP contribution in [-0.4, -0.2) is 35.1 Å². The Kier molecular flexibility index (Phi) is 3.80. The number of aliphatic hydroxyl groups is 1. The van der Waals surface area contributed by atoms with E-state index in [0.29, 0.717) is 13.0 Å². The van der Waals surface area contributed by atoms with E-state index in [9.17, 15) is 18.0 Å². The molecule has 1 heterocycles. The molecule has 0 unspecified atom stereocenters. The highest BCUT2D eigenvalue weighted by Crippen LogP contribution is 2.30. The summed E-state index contributed by atoms with van der Waals surface area (Å²) in [4.78, 5) is 13.6. The number of aliphatic hydroxyl groups excluding tert-OH is 1. The summed E-state index contributed by atoms with van der Waals surface area (Å²) < 4.78 is 37.8. The van der Waals surface area contributed by atoms with E-state index in [-0.39, 0.29) is 18.2 Å². The lowest BCUT2D eigenvalue weighted by atomic mass is 10.1. The number of carbonyl (C=O) groups is 1. The quantitative estimate of drug-likeness (QED) is 0.898. The van der Waals surface area contributed by atoms with Crippen molar-refractivity contribution in [3.63, 3.8) is 0 Å². The minimum atomic E-state index is -4.46. The van der Waals surface area contributed by atoms with Gasteiger partial charge in [-0.3, -0.25) is 4.79 Å². The van der Waals surface area contributed by atoms with Crippen molar-refractivity contribution in [1.82, 2.24) is 4.90 Å². The van der Waals surface area contributed by atoms with Gasteiger partial charge in [-0.15, -0.1) is 0 Å². The van der Waals surface area contributed by atoms with Crippen LogP contribution in [0.4, 0.5) is 13.2 Å². The third-order valence-electron chi connectivity index (χ3n) is 3.29. The number of alkyl halides is 3. The van der Waals surface area contributed by atoms with Gasteiger partial charge >= 0.3 is 6.18 Å². The fourth-order valence-electron chi connectivity index (χ4n) is 2.29. The molecule has 2 rings (SSSR count). The van der Waals surface area contributed by atoms with E-state index < -0.39 is 17.6 Å². The second-order valence-electron chi connectivity index (χ2n) is 4.56. The first kappa shape index (κ1) is 13.9. The van der Waals surface area contributed by atoms with E-state index in [1.165, 1.54) is 17.0 Å². The molecule has 104 valence electrons. The van der Waals surface area contributed by atoms with Crippen LogP contribution < -0.4 is 0 Å². The monoisotopic (exact) mass is 273 g/mol. The largest absolute Gasteiger partial charge is 0.416 e. The number of hydrogen-bond donors (Lipinski definition) is 1. The maximum absolute atomic E-state index is 12.6. The van der Waals surface area contributed by atoms with E-state index in [0.717, 1.165) is 18.6 Å². The van der Waals surface area contributed by atoms with Crippen LogP contribution in [0.5, 0.6) is 0 Å². The van der Waals surface area contributed by atoms with Crippen LogP contribution in [0.2, 0.25) is 0 Å². The molecular formula is C13H14F3NO2. The normalized spacial score (nSPS) is 19.8. The van der Waals surface area contributed by atoms with Gasteiger partial charge in [-0.05, 0) is 31.0 Å². The third kappa shape index (κ3) is 2.89. The van der Waals surface area contributed by atoms with Crippen LogP contribution in [0, 0.1) is 0 Å². The molecular weight excluding hydrogens is 259 g/mol. The summed E-state index contributed by atoms with van der Waals surface area (Å²) in [5, 5.41) is 9.14. The first-order valence-corrected chi connectivity index (χ1v) is 6.02. The zero-order valence-electron chi connectivity index (χ0n) is 10.2. The number of benzene rings is 1. The maximum atomic E-state index is 12.6. The molecule has 0 radical (unpaired) electrons. The smallest absolute Gasteiger partial charge is 0.394 e. The van der Waals surface area contributed by atoms with Gasteiger partial charge in [0.25, 0.3) is 5.91 Å². The van der Waals surface area contributed by atoms with E-state index in [4.69, 9.17) is 5.11 Å². The number of nitrogens with zero attached hydrogens (tertiary/aromatic N) is 1. The topological polar surface area (TPSA) is 40.5 Å². The number of amides is 1. The van der Waals surface area contributed by atoms with Gasteiger partial charge in [-0.1, -0.05) is 6.07 Å². The molecule has 6 heteroatoms. The van der Waals surface area contributed by atoms with Crippen molar-refractivity contribution >= 4 is 5.91 Å². The van der Waals surface area contributed by atoms with Crippen LogP contribution in [-0.2, 0) is 6.18 Å². The molecule has 0 spiro atoms. The standard InChI is InChI=1S/C13H14F3NO2/c14-13(15,16)10-4-1-3-9(7-10)12(19)17-6-2-5-11(17)8-18/h1,3-4,7,11,18H,2,5-6,8H2/t11-/m1/s1. The number of hydrogen-bond acceptors (Lipinski definition) is 2. The Morgan fingerprint density at radius 3 is 2.79 bits per heavy atom. The van der Waals surface area contributed by atoms with Crippen molar-refractivity contribution < 1.29 is 23.1 Å². The summed E-state index contributed by atoms with van der Waals surface area (Å²) >= 11 is 0. The lowest BCUT2D eigenvalue weighted by Crippen LogP contribution is -2.37. The molecule has 1 saturated heterocycles. The second-order valence-corrected chi connectivity index (χ2v) is 4.56. The second kappa shape index (κ2) is 5.21. The number of likely N-dealkylation sites (tertiary alicyclic amines) is 1. The Balaban J connectivity index is 2.24. The summed E-state index contributed by atoms with van der Waals surface area (Å²) in [7, 11) is 0. The van der Waals surface area contributed by atoms with E-state index in [1.54, 1.807) is 0 Å². The van der Waals surface area contributed by atoms with Gasteiger partial charge in [0, 0.05) is 12.1 Å². The molecule has 1 aliphatic heterocycles. The Bertz CT molecular complexity index is 473. The average Bonchev–Trinajstić information content (AvgIpc) is 2.85. The van der Waals surface area contributed by atoms with Crippen LogP contribution in [0.25, 0.3) is 0 Å². The van der Waals surface area contributed by atoms with Crippen molar-refractivity contribution in [1.29, 1.82) is 0 Å². The van der Waals surface area contributed by atoms with Crippen molar-refractivity contribution in [2.24, 2.45) is 0 Å². The molecule has 19 heavy (non-hydrogen) atoms. The molecule has 1 amide bonds. The molecule has 1 atom stereocenters. The number of rotatable bonds is 2. The van der Waals surface area contributed by atoms with Gasteiger partial charge in [0.15, 0.2) is 0 Å². The van der Waals surface area contributed by atoms with Crippen molar-refractivity contribution in [2.75, 3.05) is 13.2 Å². The fraction of sp³-hybridized carbons (Fsp3) is 0.462. The molecule has 0 aromatic heterocycles. The van der Waals surface area contributed by atoms with Crippen molar-refractivity contribution in [3.05, 3.63) is 35.4 Å². The number of halogens is 3. The zero-order valence-corrected chi connectivity index (χ0v) is 10.2. The van der Waals surface area contributed by atoms with Crippen LogP contribution in [0.1, 0.15) is 28.8 Å². The Labute approximate surface area is 108 Å². The lowest BCUT2D eigenvalue weighted by molar-refractivity contribution is -0.137. The summed E-state index contributed by atoms with van der Waals surface area (Å²) in [5.41, 5.74) is -0.826. The highest BCUT2D eigenvalue weighted by molar-refractivity contribution is 5.94. The van der Waals surface area contributed by atoms with Crippen LogP contribution in [0.3, 0.4) is 0 Å². The van der Waals surface area contributed by atoms with Gasteiger partial charge in [0.1, 0.15) is 0 Å². The van der Waals surface area contributed by atoms with Crippen molar-refractivity contribution in [2.45, 2.75) is 25.1 Å². The molecule has 1 aliphatic rings. The minimum Gasteiger partial charge on any atom is -0.394 e. The van der Waals surface area contributed by atoms with Gasteiger partial charge in [-0.25, -0.2) is 0 Å². The lowest BCUT2D eigenvalue weighted by Gasteiger charge is -2.23. The number of carbonyl (C=O) groups excluding carboxylic acids is 1. The molecule has 0 bridgehead atoms.